The zero-order valence-electron chi connectivity index (χ0n) is 49.7. The number of likely N-dealkylation sites (N-methyl/N-ethyl adjacent to an activating group) is 2. The molecule has 1 aromatic heterocycles. The summed E-state index contributed by atoms with van der Waals surface area (Å²) < 4.78 is 56.4. The van der Waals surface area contributed by atoms with Crippen LogP contribution >= 0.6 is 0 Å². The first kappa shape index (κ1) is 70.4. The largest absolute Gasteiger partial charge is 0.379 e. The number of Topliss-reactive ketones (excluding diaryl/α,β-unsaturated/α-hetero) is 1. The van der Waals surface area contributed by atoms with Gasteiger partial charge < -0.3 is 67.8 Å². The van der Waals surface area contributed by atoms with Crippen molar-refractivity contribution in [2.75, 3.05) is 154 Å². The Morgan fingerprint density at radius 3 is 1.68 bits per heavy atom. The minimum absolute atomic E-state index is 0.0259. The summed E-state index contributed by atoms with van der Waals surface area (Å²) in [5, 5.41) is 6.13. The van der Waals surface area contributed by atoms with E-state index in [1.807, 2.05) is 83.5 Å². The average molecular weight is 1110 g/mol. The van der Waals surface area contributed by atoms with Gasteiger partial charge in [-0.05, 0) is 56.7 Å². The fraction of sp³-hybridized carbons (Fsp3) is 0.825. The fourth-order valence-electron chi connectivity index (χ4n) is 9.52. The number of likely N-dealkylation sites (tertiary alicyclic amines) is 1. The van der Waals surface area contributed by atoms with Gasteiger partial charge >= 0.3 is 0 Å². The van der Waals surface area contributed by atoms with Gasteiger partial charge in [0.1, 0.15) is 11.8 Å². The molecule has 2 N–H and O–H groups in total. The Balaban J connectivity index is 1.76. The van der Waals surface area contributed by atoms with E-state index in [-0.39, 0.29) is 59.6 Å². The van der Waals surface area contributed by atoms with Crippen molar-refractivity contribution in [2.24, 2.45) is 23.7 Å². The van der Waals surface area contributed by atoms with Crippen molar-refractivity contribution < 1.29 is 71.3 Å². The van der Waals surface area contributed by atoms with Crippen molar-refractivity contribution in [3.05, 3.63) is 30.1 Å². The maximum absolute atomic E-state index is 14.6. The summed E-state index contributed by atoms with van der Waals surface area (Å²) >= 11 is 0. The van der Waals surface area contributed by atoms with Crippen molar-refractivity contribution in [2.45, 2.75) is 130 Å². The molecule has 450 valence electrons. The molecule has 0 aliphatic carbocycles. The molecule has 2 rings (SSSR count). The van der Waals surface area contributed by atoms with Crippen LogP contribution in [0.5, 0.6) is 0 Å². The summed E-state index contributed by atoms with van der Waals surface area (Å²) in [4.78, 5) is 77.1. The van der Waals surface area contributed by atoms with E-state index in [0.717, 1.165) is 18.5 Å². The number of nitrogens with zero attached hydrogens (tertiary/aromatic N) is 4. The molecule has 1 aromatic rings. The smallest absolute Gasteiger partial charge is 0.245 e. The lowest BCUT2D eigenvalue weighted by molar-refractivity contribution is -0.148. The summed E-state index contributed by atoms with van der Waals surface area (Å²) in [6.45, 7) is 23.7. The van der Waals surface area contributed by atoms with Gasteiger partial charge in [0, 0.05) is 65.6 Å². The van der Waals surface area contributed by atoms with Gasteiger partial charge in [-0.3, -0.25) is 33.9 Å². The second-order valence-corrected chi connectivity index (χ2v) is 20.7. The van der Waals surface area contributed by atoms with Crippen LogP contribution in [0.3, 0.4) is 0 Å². The zero-order chi connectivity index (χ0) is 57.7. The lowest BCUT2D eigenvalue weighted by atomic mass is 9.89. The number of ketones is 1. The van der Waals surface area contributed by atoms with Crippen LogP contribution in [-0.4, -0.2) is 239 Å². The molecule has 0 aromatic carbocycles. The van der Waals surface area contributed by atoms with E-state index in [0.29, 0.717) is 145 Å². The highest BCUT2D eigenvalue weighted by Crippen LogP contribution is 2.30. The highest BCUT2D eigenvalue weighted by molar-refractivity contribution is 5.90. The van der Waals surface area contributed by atoms with Crippen LogP contribution < -0.4 is 10.6 Å². The average Bonchev–Trinajstić information content (AvgIpc) is 3.93. The molecule has 8 atom stereocenters. The molecule has 1 aliphatic rings. The van der Waals surface area contributed by atoms with E-state index in [4.69, 9.17) is 47.4 Å². The molecule has 1 saturated heterocycles. The molecule has 1 aliphatic heterocycles. The summed E-state index contributed by atoms with van der Waals surface area (Å²) in [6, 6.07) is 3.55. The van der Waals surface area contributed by atoms with E-state index in [1.165, 1.54) is 0 Å². The summed E-state index contributed by atoms with van der Waals surface area (Å²) in [5.74, 6) is -1.54. The van der Waals surface area contributed by atoms with Crippen molar-refractivity contribution in [3.8, 4) is 0 Å². The quantitative estimate of drug-likeness (QED) is 0.0884. The number of hydrogen-bond acceptors (Lipinski definition) is 17. The number of hydrogen-bond donors (Lipinski definition) is 2. The summed E-state index contributed by atoms with van der Waals surface area (Å²) in [7, 11) is 6.77. The number of ether oxygens (including phenoxy) is 10. The Hall–Kier alpha value is -3.74. The molecule has 1 fully saturated rings. The van der Waals surface area contributed by atoms with Crippen LogP contribution in [0.25, 0.3) is 0 Å². The molecular formula is C57H102N6O15. The van der Waals surface area contributed by atoms with E-state index in [1.54, 1.807) is 39.3 Å². The third kappa shape index (κ3) is 27.6. The van der Waals surface area contributed by atoms with E-state index < -0.39 is 36.3 Å². The first-order valence-electron chi connectivity index (χ1n) is 28.4. The number of pyridine rings is 1. The molecule has 4 amide bonds. The Morgan fingerprint density at radius 1 is 0.705 bits per heavy atom. The number of aromatic nitrogens is 1. The highest BCUT2D eigenvalue weighted by atomic mass is 16.6. The Bertz CT molecular complexity index is 1770. The highest BCUT2D eigenvalue weighted by Gasteiger charge is 2.43. The molecule has 0 bridgehead atoms. The van der Waals surface area contributed by atoms with Crippen molar-refractivity contribution >= 4 is 29.4 Å². The lowest BCUT2D eigenvalue weighted by Gasteiger charge is -2.41. The third-order valence-corrected chi connectivity index (χ3v) is 14.1. The Labute approximate surface area is 467 Å². The van der Waals surface area contributed by atoms with Crippen LogP contribution in [0.1, 0.15) is 93.2 Å². The number of carbonyl (C=O) groups is 5. The Kier molecular flexibility index (Phi) is 38.0. The lowest BCUT2D eigenvalue weighted by Crippen LogP contribution is -2.60. The molecule has 0 saturated carbocycles. The van der Waals surface area contributed by atoms with Crippen LogP contribution in [-0.2, 0) is 77.8 Å². The van der Waals surface area contributed by atoms with Gasteiger partial charge in [-0.2, -0.15) is 0 Å². The number of carbonyl (C=O) groups excluding carboxylic acids is 5. The van der Waals surface area contributed by atoms with Gasteiger partial charge in [0.15, 0.2) is 0 Å². The van der Waals surface area contributed by atoms with E-state index in [9.17, 15) is 24.0 Å². The minimum Gasteiger partial charge on any atom is -0.379 e. The van der Waals surface area contributed by atoms with Crippen LogP contribution in [0.15, 0.2) is 24.4 Å². The van der Waals surface area contributed by atoms with E-state index >= 15 is 0 Å². The van der Waals surface area contributed by atoms with Crippen LogP contribution in [0, 0.1) is 23.7 Å². The van der Waals surface area contributed by atoms with Crippen LogP contribution in [0.4, 0.5) is 0 Å². The molecule has 2 heterocycles. The first-order chi connectivity index (χ1) is 37.5. The second-order valence-electron chi connectivity index (χ2n) is 20.7. The summed E-state index contributed by atoms with van der Waals surface area (Å²) in [6.07, 6.45) is 3.81. The molecule has 21 heteroatoms. The van der Waals surface area contributed by atoms with Gasteiger partial charge in [-0.15, -0.1) is 0 Å². The second kappa shape index (κ2) is 42.2. The van der Waals surface area contributed by atoms with Crippen molar-refractivity contribution in [1.29, 1.82) is 0 Å². The number of rotatable bonds is 47. The zero-order valence-corrected chi connectivity index (χ0v) is 49.7. The van der Waals surface area contributed by atoms with Gasteiger partial charge in [-0.25, -0.2) is 0 Å². The monoisotopic (exact) mass is 1110 g/mol. The maximum atomic E-state index is 14.6. The maximum Gasteiger partial charge on any atom is 0.245 e. The predicted molar refractivity (Wildman–Crippen MR) is 297 cm³/mol. The predicted octanol–water partition coefficient (Wildman–Crippen LogP) is 3.87. The van der Waals surface area contributed by atoms with Crippen LogP contribution in [0.2, 0.25) is 0 Å². The molecule has 21 nitrogen and oxygen atoms in total. The number of methoxy groups -OCH3 is 2. The molecule has 0 radical (unpaired) electrons. The van der Waals surface area contributed by atoms with Gasteiger partial charge in [0.25, 0.3) is 0 Å². The first-order valence-corrected chi connectivity index (χ1v) is 28.4. The Morgan fingerprint density at radius 2 is 1.23 bits per heavy atom. The standard InChI is InChI=1S/C57H102N6O15/c1-13-44(6)53(49(69-11)41-50(65)63-23-16-18-48(63)54(70-12)46(8)55(66)59-22-19-47-17-14-15-21-58-47)62(10)57(68)51(42(2)3)60-56(67)52(43(4)5)61(9)24-26-72-28-30-74-32-34-76-36-38-78-40-39-77-37-35-75-33-31-73-29-27-71-25-20-45(7)64/h14-15,17,21,42-44,46,48-49,51-54H,13,16,18-20,22-41H2,1-12H3,(H,59,66)(H,60,67)/t44-,46-,48-,49+,51-,52-,53-,54+/m0/s1. The van der Waals surface area contributed by atoms with Crippen molar-refractivity contribution in [3.63, 3.8) is 0 Å². The number of nitrogens with one attached hydrogen (secondary N) is 2. The fourth-order valence-corrected chi connectivity index (χ4v) is 9.52. The van der Waals surface area contributed by atoms with Gasteiger partial charge in [0.2, 0.25) is 23.6 Å². The topological polar surface area (TPSA) is 224 Å². The molecule has 78 heavy (non-hydrogen) atoms. The molecule has 0 unspecified atom stereocenters. The molecule has 0 spiro atoms. The minimum atomic E-state index is -0.832. The SMILES string of the molecule is CC[C@H](C)[C@@H]([C@@H](CC(=O)N1CCC[C@H]1[C@H](OC)[C@H](C)C(=O)NCCc1ccccn1)OC)N(C)C(=O)[C@@H](NC(=O)[C@H](C(C)C)N(C)CCOCCOCCOCCOCCOCCOCCOCCOCCC(C)=O)C(C)C. The van der Waals surface area contributed by atoms with Crippen molar-refractivity contribution in [1.82, 2.24) is 30.3 Å². The van der Waals surface area contributed by atoms with Gasteiger partial charge in [-0.1, -0.05) is 61.0 Å². The summed E-state index contributed by atoms with van der Waals surface area (Å²) in [5.41, 5.74) is 0.890. The number of amides is 4. The molecular weight excluding hydrogens is 1010 g/mol. The van der Waals surface area contributed by atoms with E-state index in [2.05, 4.69) is 15.6 Å². The third-order valence-electron chi connectivity index (χ3n) is 14.1. The van der Waals surface area contributed by atoms with Gasteiger partial charge in [0.05, 0.1) is 148 Å². The normalized spacial score (nSPS) is 16.5.